The van der Waals surface area contributed by atoms with Crippen molar-refractivity contribution in [3.8, 4) is 23.0 Å². The summed E-state index contributed by atoms with van der Waals surface area (Å²) in [6, 6.07) is 16.2. The summed E-state index contributed by atoms with van der Waals surface area (Å²) in [6.45, 7) is 3.45. The summed E-state index contributed by atoms with van der Waals surface area (Å²) < 4.78 is 5.49. The summed E-state index contributed by atoms with van der Waals surface area (Å²) in [5.41, 5.74) is 3.15. The Labute approximate surface area is 177 Å². The van der Waals surface area contributed by atoms with Gasteiger partial charge in [0, 0.05) is 12.3 Å². The summed E-state index contributed by atoms with van der Waals surface area (Å²) >= 11 is 0. The topological polar surface area (TPSA) is 75.6 Å². The van der Waals surface area contributed by atoms with Gasteiger partial charge in [0.15, 0.2) is 0 Å². The van der Waals surface area contributed by atoms with Gasteiger partial charge in [-0.1, -0.05) is 48.5 Å². The van der Waals surface area contributed by atoms with Crippen molar-refractivity contribution in [2.75, 3.05) is 6.61 Å². The maximum atomic E-state index is 12.5. The first kappa shape index (κ1) is 21.4. The molecular formula is C25H27NO4. The summed E-state index contributed by atoms with van der Waals surface area (Å²) in [4.78, 5) is 24.2. The molecular weight excluding hydrogens is 378 g/mol. The lowest BCUT2D eigenvalue weighted by molar-refractivity contribution is -0.144. The molecule has 2 aromatic rings. The minimum absolute atomic E-state index is 0.0631. The van der Waals surface area contributed by atoms with Crippen molar-refractivity contribution >= 4 is 12.1 Å². The third kappa shape index (κ3) is 4.65. The number of hydrogen-bond acceptors (Lipinski definition) is 3. The van der Waals surface area contributed by atoms with E-state index in [9.17, 15) is 14.7 Å². The van der Waals surface area contributed by atoms with Crippen LogP contribution in [-0.4, -0.2) is 29.3 Å². The van der Waals surface area contributed by atoms with Crippen LogP contribution in [0.2, 0.25) is 0 Å². The third-order valence-electron chi connectivity index (χ3n) is 5.60. The van der Waals surface area contributed by atoms with Crippen LogP contribution < -0.4 is 5.32 Å². The second-order valence-corrected chi connectivity index (χ2v) is 7.72. The van der Waals surface area contributed by atoms with Gasteiger partial charge in [-0.05, 0) is 55.4 Å². The zero-order valence-electron chi connectivity index (χ0n) is 17.4. The van der Waals surface area contributed by atoms with E-state index < -0.39 is 17.6 Å². The number of carboxylic acid groups (broad SMARTS) is 1. The number of amides is 1. The fourth-order valence-corrected chi connectivity index (χ4v) is 3.90. The number of rotatable bonds is 8. The molecule has 0 fully saturated rings. The normalized spacial score (nSPS) is 13.9. The maximum absolute atomic E-state index is 12.5. The summed E-state index contributed by atoms with van der Waals surface area (Å²) in [6.07, 6.45) is 1.77. The molecule has 2 N–H and O–H groups in total. The molecule has 1 aliphatic rings. The van der Waals surface area contributed by atoms with E-state index in [1.165, 1.54) is 6.92 Å². The zero-order chi connectivity index (χ0) is 21.6. The minimum atomic E-state index is -1.37. The number of carbonyl (C=O) groups is 2. The van der Waals surface area contributed by atoms with Crippen molar-refractivity contribution in [3.05, 3.63) is 59.7 Å². The average Bonchev–Trinajstić information content (AvgIpc) is 3.06. The monoisotopic (exact) mass is 405 g/mol. The average molecular weight is 405 g/mol. The molecule has 2 aromatic carbocycles. The molecule has 0 bridgehead atoms. The molecule has 0 radical (unpaired) electrons. The highest BCUT2D eigenvalue weighted by molar-refractivity contribution is 5.84. The molecule has 1 amide bonds. The lowest BCUT2D eigenvalue weighted by Crippen LogP contribution is -2.52. The largest absolute Gasteiger partial charge is 0.480 e. The predicted molar refractivity (Wildman–Crippen MR) is 116 cm³/mol. The van der Waals surface area contributed by atoms with Crippen LogP contribution in [0.15, 0.2) is 48.5 Å². The third-order valence-corrected chi connectivity index (χ3v) is 5.60. The molecule has 1 unspecified atom stereocenters. The number of carboxylic acids is 1. The number of aliphatic carboxylic acids is 1. The molecule has 1 aliphatic carbocycles. The van der Waals surface area contributed by atoms with Gasteiger partial charge in [-0.2, -0.15) is 0 Å². The van der Waals surface area contributed by atoms with Gasteiger partial charge in [-0.3, -0.25) is 0 Å². The quantitative estimate of drug-likeness (QED) is 0.481. The number of hydrogen-bond donors (Lipinski definition) is 2. The number of unbranched alkanes of at least 4 members (excludes halogenated alkanes) is 2. The van der Waals surface area contributed by atoms with Crippen LogP contribution in [-0.2, 0) is 9.53 Å². The standard InChI is InChI=1S/C25H27NO4/c1-3-4-5-6-11-16-25(2,23(27)28)26-24(29)30-17-22-20-14-9-7-12-18(20)19-13-8-10-15-21(19)22/h7-10,12-15,22H,5-6,11,16-17H2,1-2H3,(H,26,29)(H,27,28). The van der Waals surface area contributed by atoms with E-state index in [0.717, 1.165) is 35.1 Å². The first-order valence-electron chi connectivity index (χ1n) is 10.2. The summed E-state index contributed by atoms with van der Waals surface area (Å²) in [5, 5.41) is 12.2. The number of ether oxygens (including phenoxy) is 1. The molecule has 0 aromatic heterocycles. The highest BCUT2D eigenvalue weighted by Gasteiger charge is 2.35. The van der Waals surface area contributed by atoms with Gasteiger partial charge in [0.25, 0.3) is 0 Å². The van der Waals surface area contributed by atoms with E-state index in [2.05, 4.69) is 29.3 Å². The number of fused-ring (bicyclic) bond motifs is 3. The Morgan fingerprint density at radius 1 is 1.07 bits per heavy atom. The molecule has 1 atom stereocenters. The van der Waals surface area contributed by atoms with Gasteiger partial charge in [-0.15, -0.1) is 11.8 Å². The second-order valence-electron chi connectivity index (χ2n) is 7.72. The number of benzene rings is 2. The van der Waals surface area contributed by atoms with Crippen molar-refractivity contribution in [3.63, 3.8) is 0 Å². The smallest absolute Gasteiger partial charge is 0.408 e. The number of alkyl carbamates (subject to hydrolysis) is 1. The molecule has 156 valence electrons. The van der Waals surface area contributed by atoms with Crippen LogP contribution in [0.5, 0.6) is 0 Å². The Bertz CT molecular complexity index is 942. The Morgan fingerprint density at radius 3 is 2.23 bits per heavy atom. The van der Waals surface area contributed by atoms with Crippen LogP contribution >= 0.6 is 0 Å². The first-order chi connectivity index (χ1) is 14.5. The van der Waals surface area contributed by atoms with E-state index in [1.807, 2.05) is 36.4 Å². The van der Waals surface area contributed by atoms with E-state index in [1.54, 1.807) is 6.92 Å². The number of nitrogens with one attached hydrogen (secondary N) is 1. The van der Waals surface area contributed by atoms with Gasteiger partial charge < -0.3 is 15.2 Å². The van der Waals surface area contributed by atoms with Crippen LogP contribution in [0.1, 0.15) is 56.6 Å². The van der Waals surface area contributed by atoms with Crippen molar-refractivity contribution in [1.29, 1.82) is 0 Å². The van der Waals surface area contributed by atoms with Gasteiger partial charge in [-0.25, -0.2) is 9.59 Å². The molecule has 3 rings (SSSR count). The van der Waals surface area contributed by atoms with Crippen molar-refractivity contribution in [1.82, 2.24) is 5.32 Å². The highest BCUT2D eigenvalue weighted by atomic mass is 16.5. The van der Waals surface area contributed by atoms with Gasteiger partial charge in [0.2, 0.25) is 0 Å². The Balaban J connectivity index is 1.63. The van der Waals surface area contributed by atoms with Gasteiger partial charge in [0.05, 0.1) is 0 Å². The number of carbonyl (C=O) groups excluding carboxylic acids is 1. The first-order valence-corrected chi connectivity index (χ1v) is 10.2. The van der Waals surface area contributed by atoms with E-state index in [4.69, 9.17) is 4.74 Å². The lowest BCUT2D eigenvalue weighted by atomic mass is 9.94. The Hall–Kier alpha value is -3.26. The van der Waals surface area contributed by atoms with Crippen LogP contribution in [0.25, 0.3) is 11.1 Å². The zero-order valence-corrected chi connectivity index (χ0v) is 17.4. The molecule has 30 heavy (non-hydrogen) atoms. The van der Waals surface area contributed by atoms with Crippen LogP contribution in [0.4, 0.5) is 4.79 Å². The molecule has 0 saturated heterocycles. The van der Waals surface area contributed by atoms with Gasteiger partial charge in [0.1, 0.15) is 12.1 Å². The predicted octanol–water partition coefficient (Wildman–Crippen LogP) is 4.95. The highest BCUT2D eigenvalue weighted by Crippen LogP contribution is 2.44. The van der Waals surface area contributed by atoms with Crippen molar-refractivity contribution in [2.24, 2.45) is 0 Å². The molecule has 0 heterocycles. The minimum Gasteiger partial charge on any atom is -0.480 e. The van der Waals surface area contributed by atoms with Crippen LogP contribution in [0, 0.1) is 11.8 Å². The van der Waals surface area contributed by atoms with E-state index in [0.29, 0.717) is 12.8 Å². The Kier molecular flexibility index (Phi) is 6.79. The fraction of sp³-hybridized carbons (Fsp3) is 0.360. The summed E-state index contributed by atoms with van der Waals surface area (Å²) in [5.74, 6) is 4.65. The fourth-order valence-electron chi connectivity index (χ4n) is 3.90. The lowest BCUT2D eigenvalue weighted by Gasteiger charge is -2.26. The molecule has 5 nitrogen and oxygen atoms in total. The van der Waals surface area contributed by atoms with Crippen molar-refractivity contribution in [2.45, 2.75) is 51.0 Å². The second kappa shape index (κ2) is 9.49. The summed E-state index contributed by atoms with van der Waals surface area (Å²) in [7, 11) is 0. The van der Waals surface area contributed by atoms with E-state index >= 15 is 0 Å². The molecule has 5 heteroatoms. The van der Waals surface area contributed by atoms with Crippen LogP contribution in [0.3, 0.4) is 0 Å². The van der Waals surface area contributed by atoms with Crippen molar-refractivity contribution < 1.29 is 19.4 Å². The maximum Gasteiger partial charge on any atom is 0.408 e. The van der Waals surface area contributed by atoms with Gasteiger partial charge >= 0.3 is 12.1 Å². The molecule has 0 aliphatic heterocycles. The molecule has 0 spiro atoms. The SMILES string of the molecule is CC#CCCCCC(C)(NC(=O)OCC1c2ccccc2-c2ccccc21)C(=O)O. The van der Waals surface area contributed by atoms with E-state index in [-0.39, 0.29) is 12.5 Å². The Morgan fingerprint density at radius 2 is 1.67 bits per heavy atom. The molecule has 0 saturated carbocycles.